The highest BCUT2D eigenvalue weighted by atomic mass is 19.2. The molecule has 9 heteroatoms. The summed E-state index contributed by atoms with van der Waals surface area (Å²) in [5, 5.41) is 12.5. The monoisotopic (exact) mass is 491 g/mol. The Morgan fingerprint density at radius 1 is 1.00 bits per heavy atom. The molecule has 3 aromatic rings. The fraction of sp³-hybridized carbons (Fsp3) is 0.259. The number of ether oxygens (including phenoxy) is 1. The third-order valence-electron chi connectivity index (χ3n) is 7.00. The van der Waals surface area contributed by atoms with E-state index in [2.05, 4.69) is 0 Å². The van der Waals surface area contributed by atoms with Gasteiger partial charge in [-0.3, -0.25) is 19.3 Å². The van der Waals surface area contributed by atoms with Crippen LogP contribution in [-0.2, 0) is 0 Å². The summed E-state index contributed by atoms with van der Waals surface area (Å²) in [5.41, 5.74) is 0.226. The summed E-state index contributed by atoms with van der Waals surface area (Å²) in [6.07, 6.45) is 6.81. The molecule has 3 heterocycles. The zero-order chi connectivity index (χ0) is 25.0. The van der Waals surface area contributed by atoms with Gasteiger partial charge in [0, 0.05) is 17.8 Å². The van der Waals surface area contributed by atoms with Crippen LogP contribution < -0.4 is 15.2 Å². The van der Waals surface area contributed by atoms with Crippen LogP contribution in [0.4, 0.5) is 8.78 Å². The Bertz CT molecular complexity index is 1430. The summed E-state index contributed by atoms with van der Waals surface area (Å²) < 4.78 is 36.7. The Hall–Kier alpha value is -4.14. The number of halogens is 2. The van der Waals surface area contributed by atoms with Crippen LogP contribution in [0.25, 0.3) is 0 Å². The summed E-state index contributed by atoms with van der Waals surface area (Å²) in [4.78, 5) is 27.7. The van der Waals surface area contributed by atoms with Crippen molar-refractivity contribution in [2.24, 2.45) is 5.92 Å². The van der Waals surface area contributed by atoms with Gasteiger partial charge in [-0.25, -0.2) is 4.39 Å². The van der Waals surface area contributed by atoms with Crippen molar-refractivity contribution in [1.82, 2.24) is 9.58 Å². The summed E-state index contributed by atoms with van der Waals surface area (Å²) in [7, 11) is 0. The first-order valence-corrected chi connectivity index (χ1v) is 11.8. The molecule has 2 aromatic carbocycles. The molecule has 7 nitrogen and oxygen atoms in total. The normalized spacial score (nSPS) is 22.2. The fourth-order valence-electron chi connectivity index (χ4n) is 5.13. The average molecular weight is 491 g/mol. The van der Waals surface area contributed by atoms with Crippen molar-refractivity contribution in [1.29, 1.82) is 0 Å². The predicted octanol–water partition coefficient (Wildman–Crippen LogP) is 3.70. The van der Waals surface area contributed by atoms with Gasteiger partial charge in [0.05, 0.1) is 6.04 Å². The SMILES string of the molecule is O=C1c2c(O)c(=O)ccn2N2CN1C(C1CC1)/C=C/COc1c(ccc(F)c1F)[C@H]2c1ccccc1. The van der Waals surface area contributed by atoms with Gasteiger partial charge in [-0.15, -0.1) is 0 Å². The topological polar surface area (TPSA) is 75.0 Å². The van der Waals surface area contributed by atoms with Gasteiger partial charge >= 0.3 is 0 Å². The molecule has 0 radical (unpaired) electrons. The molecule has 6 rings (SSSR count). The average Bonchev–Trinajstić information content (AvgIpc) is 3.72. The second kappa shape index (κ2) is 8.51. The smallest absolute Gasteiger partial charge is 0.278 e. The lowest BCUT2D eigenvalue weighted by Gasteiger charge is -2.46. The molecule has 36 heavy (non-hydrogen) atoms. The van der Waals surface area contributed by atoms with E-state index in [1.54, 1.807) is 16.0 Å². The molecule has 3 aliphatic rings. The number of aromatic hydroxyl groups is 1. The van der Waals surface area contributed by atoms with Gasteiger partial charge in [-0.05, 0) is 42.5 Å². The third-order valence-corrected chi connectivity index (χ3v) is 7.00. The van der Waals surface area contributed by atoms with Gasteiger partial charge in [0.25, 0.3) is 5.91 Å². The fourth-order valence-corrected chi connectivity index (χ4v) is 5.13. The van der Waals surface area contributed by atoms with Crippen LogP contribution in [-0.4, -0.2) is 39.9 Å². The maximum Gasteiger partial charge on any atom is 0.278 e. The Kier molecular flexibility index (Phi) is 5.28. The number of aromatic nitrogens is 1. The molecule has 1 aliphatic carbocycles. The van der Waals surface area contributed by atoms with Crippen molar-refractivity contribution < 1.29 is 23.4 Å². The first-order valence-electron chi connectivity index (χ1n) is 11.8. The van der Waals surface area contributed by atoms with Crippen LogP contribution >= 0.6 is 0 Å². The van der Waals surface area contributed by atoms with Crippen molar-refractivity contribution >= 4 is 5.91 Å². The molecule has 2 aliphatic heterocycles. The molecule has 1 aromatic heterocycles. The van der Waals surface area contributed by atoms with Gasteiger partial charge in [-0.1, -0.05) is 36.4 Å². The van der Waals surface area contributed by atoms with Gasteiger partial charge < -0.3 is 14.7 Å². The summed E-state index contributed by atoms with van der Waals surface area (Å²) in [6, 6.07) is 11.8. The predicted molar refractivity (Wildman–Crippen MR) is 127 cm³/mol. The molecule has 0 saturated heterocycles. The Morgan fingerprint density at radius 3 is 2.53 bits per heavy atom. The van der Waals surface area contributed by atoms with Crippen LogP contribution in [0.15, 0.2) is 71.7 Å². The van der Waals surface area contributed by atoms with E-state index < -0.39 is 34.8 Å². The van der Waals surface area contributed by atoms with E-state index >= 15 is 4.39 Å². The number of amides is 1. The highest BCUT2D eigenvalue weighted by Crippen LogP contribution is 2.42. The minimum Gasteiger partial charge on any atom is -0.502 e. The molecule has 1 amide bonds. The highest BCUT2D eigenvalue weighted by Gasteiger charge is 2.44. The maximum atomic E-state index is 15.1. The third kappa shape index (κ3) is 3.54. The van der Waals surface area contributed by atoms with Crippen LogP contribution in [0.3, 0.4) is 0 Å². The molecule has 1 N–H and O–H groups in total. The summed E-state index contributed by atoms with van der Waals surface area (Å²) in [5.74, 6) is -3.28. The first kappa shape index (κ1) is 22.3. The zero-order valence-electron chi connectivity index (χ0n) is 19.2. The van der Waals surface area contributed by atoms with E-state index in [0.717, 1.165) is 24.5 Å². The second-order valence-corrected chi connectivity index (χ2v) is 9.24. The lowest BCUT2D eigenvalue weighted by Crippen LogP contribution is -2.58. The zero-order valence-corrected chi connectivity index (χ0v) is 19.2. The van der Waals surface area contributed by atoms with Gasteiger partial charge in [-0.2, -0.15) is 4.39 Å². The molecular weight excluding hydrogens is 468 g/mol. The molecular formula is C27H23F2N3O4. The number of benzene rings is 2. The van der Waals surface area contributed by atoms with E-state index in [4.69, 9.17) is 4.74 Å². The van der Waals surface area contributed by atoms with Gasteiger partial charge in [0.2, 0.25) is 11.2 Å². The minimum absolute atomic E-state index is 0.0177. The maximum absolute atomic E-state index is 15.1. The van der Waals surface area contributed by atoms with Gasteiger partial charge in [0.15, 0.2) is 23.0 Å². The molecule has 2 bridgehead atoms. The molecule has 1 fully saturated rings. The van der Waals surface area contributed by atoms with E-state index in [9.17, 15) is 19.1 Å². The largest absolute Gasteiger partial charge is 0.502 e. The highest BCUT2D eigenvalue weighted by molar-refractivity contribution is 5.96. The van der Waals surface area contributed by atoms with Crippen molar-refractivity contribution in [3.63, 3.8) is 0 Å². The van der Waals surface area contributed by atoms with E-state index in [1.165, 1.54) is 23.0 Å². The standard InChI is InChI=1S/C27H23F2N3O4/c28-19-11-10-18-23(17-5-2-1-3-6-17)32-15-30(27(35)24-25(34)21(33)12-13-31(24)32)20(16-8-9-16)7-4-14-36-26(18)22(19)29/h1-7,10-13,16,20,23,34H,8-9,14-15H2/b7-4+/t20?,23-/m1/s1. The number of pyridine rings is 1. The second-order valence-electron chi connectivity index (χ2n) is 9.24. The Morgan fingerprint density at radius 2 is 1.78 bits per heavy atom. The molecule has 0 spiro atoms. The summed E-state index contributed by atoms with van der Waals surface area (Å²) >= 11 is 0. The number of fused-ring (bicyclic) bond motifs is 5. The van der Waals surface area contributed by atoms with E-state index in [-0.39, 0.29) is 36.7 Å². The van der Waals surface area contributed by atoms with Crippen LogP contribution in [0.1, 0.15) is 40.5 Å². The molecule has 1 saturated carbocycles. The van der Waals surface area contributed by atoms with Crippen LogP contribution in [0.2, 0.25) is 0 Å². The quantitative estimate of drug-likeness (QED) is 0.554. The summed E-state index contributed by atoms with van der Waals surface area (Å²) in [6.45, 7) is 0.0633. The van der Waals surface area contributed by atoms with Crippen LogP contribution in [0.5, 0.6) is 11.5 Å². The Labute approximate surface area is 205 Å². The van der Waals surface area contributed by atoms with Crippen LogP contribution in [0, 0.1) is 17.6 Å². The number of carbonyl (C=O) groups excluding carboxylic acids is 1. The van der Waals surface area contributed by atoms with Crippen molar-refractivity contribution in [3.05, 3.63) is 106 Å². The number of hydrogen-bond acceptors (Lipinski definition) is 5. The molecule has 184 valence electrons. The van der Waals surface area contributed by atoms with Crippen molar-refractivity contribution in [3.8, 4) is 11.5 Å². The Balaban J connectivity index is 1.65. The number of nitrogens with zero attached hydrogens (tertiary/aromatic N) is 3. The first-order chi connectivity index (χ1) is 17.5. The van der Waals surface area contributed by atoms with Crippen molar-refractivity contribution in [2.75, 3.05) is 18.3 Å². The van der Waals surface area contributed by atoms with Crippen molar-refractivity contribution in [2.45, 2.75) is 24.9 Å². The lowest BCUT2D eigenvalue weighted by molar-refractivity contribution is 0.0610. The van der Waals surface area contributed by atoms with E-state index in [0.29, 0.717) is 5.56 Å². The lowest BCUT2D eigenvalue weighted by atomic mass is 9.96. The van der Waals surface area contributed by atoms with Gasteiger partial charge in [0.1, 0.15) is 19.3 Å². The minimum atomic E-state index is -1.10. The molecule has 1 unspecified atom stereocenters. The number of hydrogen-bond donors (Lipinski definition) is 1. The molecule has 2 atom stereocenters. The van der Waals surface area contributed by atoms with E-state index in [1.807, 2.05) is 36.4 Å². The number of carbonyl (C=O) groups is 1. The number of rotatable bonds is 2.